The summed E-state index contributed by atoms with van der Waals surface area (Å²) in [6, 6.07) is 5.82. The molecule has 6 nitrogen and oxygen atoms in total. The number of nitrogens with one attached hydrogen (secondary N) is 1. The van der Waals surface area contributed by atoms with Gasteiger partial charge in [0.15, 0.2) is 0 Å². The van der Waals surface area contributed by atoms with Gasteiger partial charge in [0.05, 0.1) is 12.3 Å². The number of methoxy groups -OCH3 is 1. The number of nitrogens with zero attached hydrogens (tertiary/aromatic N) is 1. The van der Waals surface area contributed by atoms with Crippen molar-refractivity contribution >= 4 is 17.7 Å². The van der Waals surface area contributed by atoms with Crippen LogP contribution in [0.1, 0.15) is 20.8 Å². The summed E-state index contributed by atoms with van der Waals surface area (Å²) in [5.41, 5.74) is -0.613. The summed E-state index contributed by atoms with van der Waals surface area (Å²) >= 11 is 0. The number of anilines is 1. The highest BCUT2D eigenvalue weighted by atomic mass is 19.1. The molecule has 0 aliphatic heterocycles. The van der Waals surface area contributed by atoms with Crippen LogP contribution in [0.25, 0.3) is 0 Å². The molecular weight excluding hydrogens is 303 g/mol. The van der Waals surface area contributed by atoms with Crippen LogP contribution in [0.5, 0.6) is 0 Å². The number of para-hydroxylation sites is 1. The van der Waals surface area contributed by atoms with Gasteiger partial charge in [-0.1, -0.05) is 12.1 Å². The van der Waals surface area contributed by atoms with Crippen LogP contribution in [0.4, 0.5) is 14.9 Å². The van der Waals surface area contributed by atoms with Crippen molar-refractivity contribution in [2.45, 2.75) is 26.4 Å². The van der Waals surface area contributed by atoms with E-state index in [9.17, 15) is 14.0 Å². The number of ether oxygens (including phenoxy) is 2. The molecule has 0 aromatic heterocycles. The fourth-order valence-electron chi connectivity index (χ4n) is 1.69. The van der Waals surface area contributed by atoms with Crippen LogP contribution in [0.15, 0.2) is 24.3 Å². The van der Waals surface area contributed by atoms with E-state index in [4.69, 9.17) is 9.47 Å². The first-order chi connectivity index (χ1) is 10.7. The molecule has 0 aliphatic rings. The molecule has 2 amide bonds. The van der Waals surface area contributed by atoms with Crippen molar-refractivity contribution in [3.8, 4) is 0 Å². The highest BCUT2D eigenvalue weighted by Gasteiger charge is 2.24. The molecule has 0 aliphatic carbocycles. The summed E-state index contributed by atoms with van der Waals surface area (Å²) in [5.74, 6) is -1.06. The number of hydrogen-bond donors (Lipinski definition) is 1. The molecule has 0 radical (unpaired) electrons. The van der Waals surface area contributed by atoms with Crippen LogP contribution < -0.4 is 5.32 Å². The summed E-state index contributed by atoms with van der Waals surface area (Å²) in [7, 11) is 1.49. The van der Waals surface area contributed by atoms with Crippen LogP contribution in [0.2, 0.25) is 0 Å². The van der Waals surface area contributed by atoms with Crippen molar-refractivity contribution < 1.29 is 23.5 Å². The van der Waals surface area contributed by atoms with Gasteiger partial charge in [0.1, 0.15) is 18.0 Å². The average molecular weight is 326 g/mol. The van der Waals surface area contributed by atoms with E-state index in [1.165, 1.54) is 30.2 Å². The zero-order valence-corrected chi connectivity index (χ0v) is 13.9. The van der Waals surface area contributed by atoms with Gasteiger partial charge in [-0.2, -0.15) is 0 Å². The zero-order valence-electron chi connectivity index (χ0n) is 13.9. The third-order valence-electron chi connectivity index (χ3n) is 2.70. The van der Waals surface area contributed by atoms with E-state index in [1.54, 1.807) is 26.8 Å². The minimum Gasteiger partial charge on any atom is -0.444 e. The number of benzene rings is 1. The largest absolute Gasteiger partial charge is 0.444 e. The number of carbonyl (C=O) groups excluding carboxylic acids is 2. The van der Waals surface area contributed by atoms with Gasteiger partial charge >= 0.3 is 6.09 Å². The van der Waals surface area contributed by atoms with E-state index in [0.717, 1.165) is 0 Å². The smallest absolute Gasteiger partial charge is 0.410 e. The Balaban J connectivity index is 2.70. The minimum absolute atomic E-state index is 0.0633. The number of hydrogen-bond acceptors (Lipinski definition) is 4. The Morgan fingerprint density at radius 3 is 2.48 bits per heavy atom. The SMILES string of the molecule is COCCN(CC(=O)Nc1ccccc1F)C(=O)OC(C)(C)C. The lowest BCUT2D eigenvalue weighted by atomic mass is 10.2. The van der Waals surface area contributed by atoms with Crippen molar-refractivity contribution in [1.29, 1.82) is 0 Å². The fourth-order valence-corrected chi connectivity index (χ4v) is 1.69. The first kappa shape index (κ1) is 18.9. The highest BCUT2D eigenvalue weighted by molar-refractivity contribution is 5.93. The molecule has 0 spiro atoms. The van der Waals surface area contributed by atoms with Gasteiger partial charge in [-0.05, 0) is 32.9 Å². The topological polar surface area (TPSA) is 67.9 Å². The van der Waals surface area contributed by atoms with Crippen molar-refractivity contribution in [1.82, 2.24) is 4.90 Å². The van der Waals surface area contributed by atoms with E-state index < -0.39 is 23.4 Å². The Hall–Kier alpha value is -2.15. The maximum absolute atomic E-state index is 13.5. The second-order valence-corrected chi connectivity index (χ2v) is 5.92. The first-order valence-corrected chi connectivity index (χ1v) is 7.24. The number of rotatable bonds is 6. The summed E-state index contributed by atoms with van der Waals surface area (Å²) in [6.45, 7) is 5.39. The molecular formula is C16H23FN2O4. The van der Waals surface area contributed by atoms with Crippen molar-refractivity contribution in [3.05, 3.63) is 30.1 Å². The van der Waals surface area contributed by atoms with Crippen molar-refractivity contribution in [2.24, 2.45) is 0 Å². The normalized spacial score (nSPS) is 11.0. The zero-order chi connectivity index (χ0) is 17.5. The Morgan fingerprint density at radius 2 is 1.91 bits per heavy atom. The summed E-state index contributed by atoms with van der Waals surface area (Å²) in [4.78, 5) is 25.4. The van der Waals surface area contributed by atoms with E-state index in [-0.39, 0.29) is 25.4 Å². The minimum atomic E-state index is -0.676. The van der Waals surface area contributed by atoms with Crippen LogP contribution in [-0.2, 0) is 14.3 Å². The highest BCUT2D eigenvalue weighted by Crippen LogP contribution is 2.13. The number of amides is 2. The molecule has 0 atom stereocenters. The van der Waals surface area contributed by atoms with E-state index in [0.29, 0.717) is 0 Å². The van der Waals surface area contributed by atoms with Gasteiger partial charge in [-0.15, -0.1) is 0 Å². The third-order valence-corrected chi connectivity index (χ3v) is 2.70. The Kier molecular flexibility index (Phi) is 6.96. The van der Waals surface area contributed by atoms with Gasteiger partial charge < -0.3 is 14.8 Å². The molecule has 0 saturated carbocycles. The van der Waals surface area contributed by atoms with Gasteiger partial charge in [-0.25, -0.2) is 9.18 Å². The first-order valence-electron chi connectivity index (χ1n) is 7.24. The third kappa shape index (κ3) is 7.10. The lowest BCUT2D eigenvalue weighted by molar-refractivity contribution is -0.117. The monoisotopic (exact) mass is 326 g/mol. The Morgan fingerprint density at radius 1 is 1.26 bits per heavy atom. The molecule has 1 aromatic rings. The average Bonchev–Trinajstić information content (AvgIpc) is 2.44. The summed E-state index contributed by atoms with van der Waals surface area (Å²) < 4.78 is 23.7. The van der Waals surface area contributed by atoms with Gasteiger partial charge in [0, 0.05) is 13.7 Å². The lowest BCUT2D eigenvalue weighted by Crippen LogP contribution is -2.42. The van der Waals surface area contributed by atoms with Crippen LogP contribution >= 0.6 is 0 Å². The molecule has 0 bridgehead atoms. The molecule has 1 N–H and O–H groups in total. The van der Waals surface area contributed by atoms with E-state index in [2.05, 4.69) is 5.32 Å². The maximum atomic E-state index is 13.5. The Bertz CT molecular complexity index is 543. The molecule has 7 heteroatoms. The van der Waals surface area contributed by atoms with E-state index in [1.807, 2.05) is 0 Å². The fraction of sp³-hybridized carbons (Fsp3) is 0.500. The predicted molar refractivity (Wildman–Crippen MR) is 84.7 cm³/mol. The molecule has 1 aromatic carbocycles. The van der Waals surface area contributed by atoms with E-state index >= 15 is 0 Å². The predicted octanol–water partition coefficient (Wildman–Crippen LogP) is 2.65. The Labute approximate surface area is 135 Å². The van der Waals surface area contributed by atoms with Gasteiger partial charge in [0.2, 0.25) is 5.91 Å². The molecule has 0 heterocycles. The maximum Gasteiger partial charge on any atom is 0.410 e. The van der Waals surface area contributed by atoms with Crippen LogP contribution in [0, 0.1) is 5.82 Å². The summed E-state index contributed by atoms with van der Waals surface area (Å²) in [5, 5.41) is 2.43. The quantitative estimate of drug-likeness (QED) is 0.872. The molecule has 0 fully saturated rings. The molecule has 23 heavy (non-hydrogen) atoms. The lowest BCUT2D eigenvalue weighted by Gasteiger charge is -2.26. The number of carbonyl (C=O) groups is 2. The van der Waals surface area contributed by atoms with Crippen LogP contribution in [-0.4, -0.2) is 49.3 Å². The number of halogens is 1. The molecule has 128 valence electrons. The standard InChI is InChI=1S/C16H23FN2O4/c1-16(2,3)23-15(21)19(9-10-22-4)11-14(20)18-13-8-6-5-7-12(13)17/h5-8H,9-11H2,1-4H3,(H,18,20). The molecule has 0 saturated heterocycles. The van der Waals surface area contributed by atoms with Crippen molar-refractivity contribution in [3.63, 3.8) is 0 Å². The van der Waals surface area contributed by atoms with Gasteiger partial charge in [0.25, 0.3) is 0 Å². The molecule has 0 unspecified atom stereocenters. The van der Waals surface area contributed by atoms with Crippen molar-refractivity contribution in [2.75, 3.05) is 32.1 Å². The second kappa shape index (κ2) is 8.47. The van der Waals surface area contributed by atoms with Gasteiger partial charge in [-0.3, -0.25) is 9.69 Å². The summed E-state index contributed by atoms with van der Waals surface area (Å²) in [6.07, 6.45) is -0.627. The second-order valence-electron chi connectivity index (χ2n) is 5.92. The molecule has 1 rings (SSSR count). The van der Waals surface area contributed by atoms with Crippen LogP contribution in [0.3, 0.4) is 0 Å².